The van der Waals surface area contributed by atoms with Crippen molar-refractivity contribution in [2.45, 2.75) is 13.1 Å². The molecule has 0 spiro atoms. The van der Waals surface area contributed by atoms with E-state index in [0.29, 0.717) is 0 Å². The lowest BCUT2D eigenvalue weighted by molar-refractivity contribution is -0.145. The summed E-state index contributed by atoms with van der Waals surface area (Å²) in [6.07, 6.45) is -3.65. The van der Waals surface area contributed by atoms with E-state index in [-0.39, 0.29) is 49.5 Å². The van der Waals surface area contributed by atoms with Gasteiger partial charge in [-0.25, -0.2) is 28.5 Å². The van der Waals surface area contributed by atoms with Gasteiger partial charge in [0.05, 0.1) is 17.3 Å². The standard InChI is InChI=1S/C22H17ClF4N4O5/c1-4-35-17(33)10-36-20-12(6-5-7-28-20)11(2)18-13(23)8-14(24)19(29-18)31-16(32)9-15(22(25,26)27)30(3)21(31)34/h5-9H,2,4,10H2,1,3H3. The first-order valence-corrected chi connectivity index (χ1v) is 10.4. The van der Waals surface area contributed by atoms with Gasteiger partial charge in [0.15, 0.2) is 18.2 Å². The van der Waals surface area contributed by atoms with Crippen LogP contribution >= 0.6 is 11.6 Å². The van der Waals surface area contributed by atoms with E-state index in [9.17, 15) is 31.9 Å². The maximum absolute atomic E-state index is 14.8. The summed E-state index contributed by atoms with van der Waals surface area (Å²) in [6, 6.07) is 3.84. The van der Waals surface area contributed by atoms with E-state index in [1.165, 1.54) is 18.3 Å². The Balaban J connectivity index is 2.12. The van der Waals surface area contributed by atoms with Gasteiger partial charge < -0.3 is 9.47 Å². The molecule has 0 amide bonds. The van der Waals surface area contributed by atoms with Gasteiger partial charge in [-0.1, -0.05) is 18.2 Å². The van der Waals surface area contributed by atoms with Crippen molar-refractivity contribution < 1.29 is 31.8 Å². The molecule has 3 heterocycles. The molecule has 0 aliphatic carbocycles. The molecule has 0 fully saturated rings. The molecule has 3 aromatic rings. The van der Waals surface area contributed by atoms with Crippen molar-refractivity contribution in [1.82, 2.24) is 19.1 Å². The quantitative estimate of drug-likeness (QED) is 0.343. The van der Waals surface area contributed by atoms with Crippen LogP contribution in [0.1, 0.15) is 23.9 Å². The average molecular weight is 529 g/mol. The number of esters is 1. The molecule has 14 heteroatoms. The molecule has 0 aromatic carbocycles. The Kier molecular flexibility index (Phi) is 7.62. The lowest BCUT2D eigenvalue weighted by Gasteiger charge is -2.16. The van der Waals surface area contributed by atoms with Crippen molar-refractivity contribution in [2.75, 3.05) is 13.2 Å². The minimum Gasteiger partial charge on any atom is -0.465 e. The Morgan fingerprint density at radius 3 is 2.58 bits per heavy atom. The number of alkyl halides is 3. The Hall–Kier alpha value is -4.00. The van der Waals surface area contributed by atoms with Crippen LogP contribution in [0, 0.1) is 5.82 Å². The van der Waals surface area contributed by atoms with Crippen molar-refractivity contribution in [3.63, 3.8) is 0 Å². The third kappa shape index (κ3) is 5.30. The predicted molar refractivity (Wildman–Crippen MR) is 120 cm³/mol. The maximum Gasteiger partial charge on any atom is 0.431 e. The average Bonchev–Trinajstić information content (AvgIpc) is 2.80. The maximum atomic E-state index is 14.8. The molecule has 0 aliphatic heterocycles. The molecule has 190 valence electrons. The summed E-state index contributed by atoms with van der Waals surface area (Å²) >= 11 is 6.13. The summed E-state index contributed by atoms with van der Waals surface area (Å²) in [5, 5.41) is -0.293. The van der Waals surface area contributed by atoms with E-state index in [0.717, 1.165) is 13.1 Å². The minimum atomic E-state index is -5.00. The summed E-state index contributed by atoms with van der Waals surface area (Å²) in [6.45, 7) is 5.08. The summed E-state index contributed by atoms with van der Waals surface area (Å²) < 4.78 is 64.7. The predicted octanol–water partition coefficient (Wildman–Crippen LogP) is 3.14. The van der Waals surface area contributed by atoms with E-state index in [1.807, 2.05) is 0 Å². The van der Waals surface area contributed by atoms with Crippen molar-refractivity contribution in [3.05, 3.63) is 85.7 Å². The first kappa shape index (κ1) is 26.6. The number of hydrogen-bond acceptors (Lipinski definition) is 7. The van der Waals surface area contributed by atoms with E-state index in [2.05, 4.69) is 16.5 Å². The van der Waals surface area contributed by atoms with Crippen LogP contribution in [-0.2, 0) is 22.8 Å². The fourth-order valence-electron chi connectivity index (χ4n) is 3.11. The molecule has 0 radical (unpaired) electrons. The van der Waals surface area contributed by atoms with Crippen LogP contribution in [0.15, 0.2) is 46.6 Å². The molecular weight excluding hydrogens is 512 g/mol. The van der Waals surface area contributed by atoms with Crippen LogP contribution in [0.2, 0.25) is 5.02 Å². The van der Waals surface area contributed by atoms with Gasteiger partial charge in [-0.2, -0.15) is 13.2 Å². The van der Waals surface area contributed by atoms with E-state index < -0.39 is 47.3 Å². The van der Waals surface area contributed by atoms with Gasteiger partial charge in [0.1, 0.15) is 5.69 Å². The smallest absolute Gasteiger partial charge is 0.431 e. The van der Waals surface area contributed by atoms with Crippen molar-refractivity contribution in [2.24, 2.45) is 7.05 Å². The van der Waals surface area contributed by atoms with Gasteiger partial charge in [0.25, 0.3) is 5.56 Å². The van der Waals surface area contributed by atoms with Crippen LogP contribution in [-0.4, -0.2) is 38.3 Å². The summed E-state index contributed by atoms with van der Waals surface area (Å²) in [5.74, 6) is -2.90. The third-order valence-electron chi connectivity index (χ3n) is 4.75. The molecule has 0 bridgehead atoms. The molecule has 0 saturated heterocycles. The molecule has 0 N–H and O–H groups in total. The number of nitrogens with zero attached hydrogens (tertiary/aromatic N) is 4. The summed E-state index contributed by atoms with van der Waals surface area (Å²) in [7, 11) is 0.775. The highest BCUT2D eigenvalue weighted by Crippen LogP contribution is 2.32. The highest BCUT2D eigenvalue weighted by Gasteiger charge is 2.35. The van der Waals surface area contributed by atoms with Gasteiger partial charge >= 0.3 is 17.8 Å². The van der Waals surface area contributed by atoms with Crippen molar-refractivity contribution in [3.8, 4) is 11.7 Å². The second kappa shape index (κ2) is 10.3. The lowest BCUT2D eigenvalue weighted by Crippen LogP contribution is -2.41. The molecule has 0 atom stereocenters. The highest BCUT2D eigenvalue weighted by atomic mass is 35.5. The number of aromatic nitrogens is 4. The molecule has 0 unspecified atom stereocenters. The first-order valence-electron chi connectivity index (χ1n) is 10.1. The first-order chi connectivity index (χ1) is 16.9. The van der Waals surface area contributed by atoms with E-state index in [4.69, 9.17) is 21.1 Å². The molecular formula is C22H17ClF4N4O5. The minimum absolute atomic E-state index is 0.00927. The van der Waals surface area contributed by atoms with E-state index >= 15 is 0 Å². The summed E-state index contributed by atoms with van der Waals surface area (Å²) in [5.41, 5.74) is -4.54. The third-order valence-corrected chi connectivity index (χ3v) is 5.04. The number of carbonyl (C=O) groups excluding carboxylic acids is 1. The zero-order valence-corrected chi connectivity index (χ0v) is 19.5. The number of pyridine rings is 2. The summed E-state index contributed by atoms with van der Waals surface area (Å²) in [4.78, 5) is 44.6. The molecule has 0 aliphatic rings. The van der Waals surface area contributed by atoms with Gasteiger partial charge in [0, 0.05) is 30.4 Å². The molecule has 3 rings (SSSR count). The number of hydrogen-bond donors (Lipinski definition) is 0. The monoisotopic (exact) mass is 528 g/mol. The van der Waals surface area contributed by atoms with Gasteiger partial charge in [0.2, 0.25) is 5.88 Å². The number of carbonyl (C=O) groups is 1. The highest BCUT2D eigenvalue weighted by molar-refractivity contribution is 6.32. The molecule has 9 nitrogen and oxygen atoms in total. The lowest BCUT2D eigenvalue weighted by atomic mass is 10.1. The number of rotatable bonds is 7. The zero-order chi connectivity index (χ0) is 26.8. The van der Waals surface area contributed by atoms with Crippen molar-refractivity contribution >= 4 is 23.1 Å². The zero-order valence-electron chi connectivity index (χ0n) is 18.7. The van der Waals surface area contributed by atoms with Crippen LogP contribution < -0.4 is 16.0 Å². The largest absolute Gasteiger partial charge is 0.465 e. The van der Waals surface area contributed by atoms with Crippen molar-refractivity contribution in [1.29, 1.82) is 0 Å². The van der Waals surface area contributed by atoms with Crippen LogP contribution in [0.25, 0.3) is 11.4 Å². The Morgan fingerprint density at radius 2 is 1.94 bits per heavy atom. The topological polar surface area (TPSA) is 105 Å². The Bertz CT molecular complexity index is 1470. The Morgan fingerprint density at radius 1 is 1.25 bits per heavy atom. The number of halogens is 5. The molecule has 36 heavy (non-hydrogen) atoms. The van der Waals surface area contributed by atoms with Crippen LogP contribution in [0.3, 0.4) is 0 Å². The van der Waals surface area contributed by atoms with Crippen LogP contribution in [0.4, 0.5) is 17.6 Å². The second-order valence-corrected chi connectivity index (χ2v) is 7.50. The fourth-order valence-corrected chi connectivity index (χ4v) is 3.36. The fraction of sp³-hybridized carbons (Fsp3) is 0.227. The normalized spacial score (nSPS) is 11.3. The number of ether oxygens (including phenoxy) is 2. The second-order valence-electron chi connectivity index (χ2n) is 7.10. The van der Waals surface area contributed by atoms with E-state index in [1.54, 1.807) is 6.92 Å². The van der Waals surface area contributed by atoms with Crippen LogP contribution in [0.5, 0.6) is 5.88 Å². The molecule has 0 saturated carbocycles. The molecule has 3 aromatic heterocycles. The van der Waals surface area contributed by atoms with Gasteiger partial charge in [-0.15, -0.1) is 0 Å². The van der Waals surface area contributed by atoms with Gasteiger partial charge in [-0.3, -0.25) is 9.36 Å². The SMILES string of the molecule is C=C(c1cccnc1OCC(=O)OCC)c1nc(-n2c(=O)cc(C(F)(F)F)n(C)c2=O)c(F)cc1Cl. The Labute approximate surface area is 205 Å². The van der Waals surface area contributed by atoms with Gasteiger partial charge in [-0.05, 0) is 25.1 Å².